The molecule has 1 saturated heterocycles. The van der Waals surface area contributed by atoms with Gasteiger partial charge in [0.25, 0.3) is 5.91 Å². The van der Waals surface area contributed by atoms with Crippen molar-refractivity contribution >= 4 is 17.4 Å². The first kappa shape index (κ1) is 17.2. The lowest BCUT2D eigenvalue weighted by Crippen LogP contribution is -2.40. The van der Waals surface area contributed by atoms with Crippen LogP contribution in [0.25, 0.3) is 5.65 Å². The number of hydrogen-bond donors (Lipinski definition) is 1. The molecule has 0 spiro atoms. The number of carbonyl (C=O) groups is 1. The van der Waals surface area contributed by atoms with Crippen LogP contribution in [-0.4, -0.2) is 33.6 Å². The molecule has 5 rings (SSSR count). The summed E-state index contributed by atoms with van der Waals surface area (Å²) in [6.07, 6.45) is 6.91. The number of nitrogens with one attached hydrogen (secondary N) is 1. The van der Waals surface area contributed by atoms with Gasteiger partial charge in [-0.05, 0) is 61.9 Å². The number of fused-ring (bicyclic) bond motifs is 5. The minimum atomic E-state index is -0.339. The van der Waals surface area contributed by atoms with Gasteiger partial charge < -0.3 is 10.2 Å². The third kappa shape index (κ3) is 2.57. The summed E-state index contributed by atoms with van der Waals surface area (Å²) in [6.45, 7) is 3.56. The molecule has 144 valence electrons. The van der Waals surface area contributed by atoms with Gasteiger partial charge in [-0.25, -0.2) is 13.9 Å². The van der Waals surface area contributed by atoms with Crippen LogP contribution in [0.15, 0.2) is 36.7 Å². The molecule has 0 aliphatic carbocycles. The Labute approximate surface area is 162 Å². The van der Waals surface area contributed by atoms with Gasteiger partial charge in [-0.2, -0.15) is 5.10 Å². The van der Waals surface area contributed by atoms with Crippen molar-refractivity contribution in [3.63, 3.8) is 0 Å². The maximum absolute atomic E-state index is 14.2. The number of hydrogen-bond acceptors (Lipinski definition) is 4. The highest BCUT2D eigenvalue weighted by atomic mass is 19.1. The van der Waals surface area contributed by atoms with E-state index in [1.54, 1.807) is 16.8 Å². The Balaban J connectivity index is 1.72. The number of amides is 1. The number of aryl methyl sites for hydroxylation is 1. The van der Waals surface area contributed by atoms with Gasteiger partial charge in [-0.1, -0.05) is 6.07 Å². The molecule has 2 aliphatic rings. The Kier molecular flexibility index (Phi) is 3.86. The molecular formula is C21H22FN5O. The van der Waals surface area contributed by atoms with Crippen molar-refractivity contribution in [1.82, 2.24) is 19.9 Å². The minimum Gasteiger partial charge on any atom is -0.352 e. The first-order valence-corrected chi connectivity index (χ1v) is 9.75. The number of carbonyl (C=O) groups excluding carboxylic acids is 1. The molecule has 1 amide bonds. The largest absolute Gasteiger partial charge is 0.352 e. The summed E-state index contributed by atoms with van der Waals surface area (Å²) in [6, 6.07) is 7.01. The zero-order chi connectivity index (χ0) is 19.3. The summed E-state index contributed by atoms with van der Waals surface area (Å²) in [5.41, 5.74) is 2.84. The molecule has 6 nitrogen and oxygen atoms in total. The van der Waals surface area contributed by atoms with Crippen LogP contribution in [0.2, 0.25) is 0 Å². The van der Waals surface area contributed by atoms with Gasteiger partial charge in [0.15, 0.2) is 5.65 Å². The lowest BCUT2D eigenvalue weighted by Gasteiger charge is -2.38. The van der Waals surface area contributed by atoms with E-state index in [9.17, 15) is 9.18 Å². The average Bonchev–Trinajstić information content (AvgIpc) is 3.29. The molecule has 2 bridgehead atoms. The summed E-state index contributed by atoms with van der Waals surface area (Å²) < 4.78 is 15.8. The third-order valence-corrected chi connectivity index (χ3v) is 6.08. The van der Waals surface area contributed by atoms with Gasteiger partial charge in [0.1, 0.15) is 17.2 Å². The highest BCUT2D eigenvalue weighted by Gasteiger charge is 2.40. The Hall–Kier alpha value is -2.96. The summed E-state index contributed by atoms with van der Waals surface area (Å²) in [5.74, 6) is 0.407. The molecule has 3 aromatic rings. The van der Waals surface area contributed by atoms with Crippen molar-refractivity contribution in [1.29, 1.82) is 0 Å². The highest BCUT2D eigenvalue weighted by Crippen LogP contribution is 2.43. The van der Waals surface area contributed by atoms with Crippen molar-refractivity contribution in [3.05, 3.63) is 59.2 Å². The van der Waals surface area contributed by atoms with Crippen LogP contribution in [0.3, 0.4) is 0 Å². The van der Waals surface area contributed by atoms with Gasteiger partial charge in [0.2, 0.25) is 0 Å². The monoisotopic (exact) mass is 379 g/mol. The fourth-order valence-electron chi connectivity index (χ4n) is 4.62. The van der Waals surface area contributed by atoms with Crippen molar-refractivity contribution in [3.8, 4) is 0 Å². The Morgan fingerprint density at radius 3 is 3.04 bits per heavy atom. The Bertz CT molecular complexity index is 1080. The molecule has 0 unspecified atom stereocenters. The SMILES string of the molecule is C[C@]12CCCN1c1ccn3ncc(c3n1)C(=O)NCCCc1ccc(F)cc12. The molecule has 4 heterocycles. The first-order chi connectivity index (χ1) is 13.6. The maximum atomic E-state index is 14.2. The molecule has 0 saturated carbocycles. The Morgan fingerprint density at radius 1 is 1.25 bits per heavy atom. The topological polar surface area (TPSA) is 62.5 Å². The normalized spacial score (nSPS) is 22.2. The van der Waals surface area contributed by atoms with Crippen molar-refractivity contribution in [2.24, 2.45) is 0 Å². The molecule has 28 heavy (non-hydrogen) atoms. The van der Waals surface area contributed by atoms with E-state index in [2.05, 4.69) is 22.2 Å². The van der Waals surface area contributed by atoms with Crippen LogP contribution in [-0.2, 0) is 12.0 Å². The van der Waals surface area contributed by atoms with Gasteiger partial charge >= 0.3 is 0 Å². The van der Waals surface area contributed by atoms with E-state index in [0.29, 0.717) is 17.8 Å². The zero-order valence-corrected chi connectivity index (χ0v) is 15.8. The number of benzene rings is 1. The third-order valence-electron chi connectivity index (χ3n) is 6.08. The van der Waals surface area contributed by atoms with E-state index >= 15 is 0 Å². The summed E-state index contributed by atoms with van der Waals surface area (Å²) in [7, 11) is 0. The van der Waals surface area contributed by atoms with E-state index in [4.69, 9.17) is 4.98 Å². The fourth-order valence-corrected chi connectivity index (χ4v) is 4.62. The Morgan fingerprint density at radius 2 is 2.14 bits per heavy atom. The second kappa shape index (κ2) is 6.29. The quantitative estimate of drug-likeness (QED) is 0.652. The molecule has 2 aliphatic heterocycles. The molecule has 1 N–H and O–H groups in total. The van der Waals surface area contributed by atoms with E-state index in [1.807, 2.05) is 18.3 Å². The number of rotatable bonds is 0. The van der Waals surface area contributed by atoms with Crippen molar-refractivity contribution in [2.75, 3.05) is 18.0 Å². The van der Waals surface area contributed by atoms with Gasteiger partial charge in [-0.3, -0.25) is 4.79 Å². The van der Waals surface area contributed by atoms with E-state index in [0.717, 1.165) is 49.2 Å². The van der Waals surface area contributed by atoms with Crippen LogP contribution >= 0.6 is 0 Å². The lowest BCUT2D eigenvalue weighted by molar-refractivity contribution is 0.0954. The predicted molar refractivity (Wildman–Crippen MR) is 104 cm³/mol. The van der Waals surface area contributed by atoms with Gasteiger partial charge in [0, 0.05) is 19.3 Å². The molecule has 0 radical (unpaired) electrons. The van der Waals surface area contributed by atoms with E-state index in [1.165, 1.54) is 6.07 Å². The molecule has 1 atom stereocenters. The van der Waals surface area contributed by atoms with Gasteiger partial charge in [-0.15, -0.1) is 0 Å². The van der Waals surface area contributed by atoms with Gasteiger partial charge in [0.05, 0.1) is 11.7 Å². The minimum absolute atomic E-state index is 0.164. The summed E-state index contributed by atoms with van der Waals surface area (Å²) >= 11 is 0. The molecule has 2 aromatic heterocycles. The highest BCUT2D eigenvalue weighted by molar-refractivity contribution is 5.99. The summed E-state index contributed by atoms with van der Waals surface area (Å²) in [4.78, 5) is 19.6. The number of anilines is 1. The van der Waals surface area contributed by atoms with Crippen LogP contribution in [0.5, 0.6) is 0 Å². The zero-order valence-electron chi connectivity index (χ0n) is 15.8. The second-order valence-corrected chi connectivity index (χ2v) is 7.80. The van der Waals surface area contributed by atoms with Crippen molar-refractivity contribution in [2.45, 2.75) is 38.1 Å². The van der Waals surface area contributed by atoms with Crippen LogP contribution < -0.4 is 10.2 Å². The van der Waals surface area contributed by atoms with E-state index in [-0.39, 0.29) is 17.3 Å². The first-order valence-electron chi connectivity index (χ1n) is 9.75. The van der Waals surface area contributed by atoms with E-state index < -0.39 is 0 Å². The van der Waals surface area contributed by atoms with Crippen molar-refractivity contribution < 1.29 is 9.18 Å². The number of nitrogens with zero attached hydrogens (tertiary/aromatic N) is 4. The average molecular weight is 379 g/mol. The molecule has 1 aromatic carbocycles. The van der Waals surface area contributed by atoms with Crippen LogP contribution in [0.1, 0.15) is 47.7 Å². The smallest absolute Gasteiger partial charge is 0.256 e. The van der Waals surface area contributed by atoms with Crippen LogP contribution in [0, 0.1) is 5.82 Å². The second-order valence-electron chi connectivity index (χ2n) is 7.80. The number of halogens is 1. The molecular weight excluding hydrogens is 357 g/mol. The summed E-state index contributed by atoms with van der Waals surface area (Å²) in [5, 5.41) is 7.22. The molecule has 1 fully saturated rings. The maximum Gasteiger partial charge on any atom is 0.256 e. The lowest BCUT2D eigenvalue weighted by atomic mass is 9.84. The number of aromatic nitrogens is 3. The fraction of sp³-hybridized carbons (Fsp3) is 0.381. The predicted octanol–water partition coefficient (Wildman–Crippen LogP) is 3.06. The standard InChI is InChI=1S/C21H22FN5O/c1-21-8-3-10-26(21)18-7-11-27-19(25-18)16(13-24-27)20(28)23-9-2-4-14-5-6-15(22)12-17(14)21/h5-7,11-13H,2-4,8-10H2,1H3,(H,23,28)/t21-/m1/s1. The van der Waals surface area contributed by atoms with Crippen LogP contribution in [0.4, 0.5) is 10.2 Å². The molecule has 7 heteroatoms.